The first-order valence-electron chi connectivity index (χ1n) is 14.3. The predicted molar refractivity (Wildman–Crippen MR) is 149 cm³/mol. The Hall–Kier alpha value is -2.83. The maximum Gasteiger partial charge on any atom is 0.227 e. The summed E-state index contributed by atoms with van der Waals surface area (Å²) in [7, 11) is 0. The summed E-state index contributed by atoms with van der Waals surface area (Å²) in [6, 6.07) is 2.90. The molecule has 37 heavy (non-hydrogen) atoms. The quantitative estimate of drug-likeness (QED) is 0.226. The monoisotopic (exact) mass is 512 g/mol. The first kappa shape index (κ1) is 28.7. The van der Waals surface area contributed by atoms with Crippen molar-refractivity contribution in [2.24, 2.45) is 5.92 Å². The Kier molecular flexibility index (Phi) is 12.0. The van der Waals surface area contributed by atoms with E-state index >= 15 is 0 Å². The third kappa shape index (κ3) is 8.90. The highest BCUT2D eigenvalue weighted by molar-refractivity contribution is 6.07. The first-order chi connectivity index (χ1) is 18.0. The predicted octanol–water partition coefficient (Wildman–Crippen LogP) is 7.57. The van der Waals surface area contributed by atoms with E-state index in [1.165, 1.54) is 70.6 Å². The van der Waals surface area contributed by atoms with Crippen molar-refractivity contribution in [1.29, 1.82) is 0 Å². The lowest BCUT2D eigenvalue weighted by atomic mass is 10.1. The fourth-order valence-corrected chi connectivity index (χ4v) is 5.11. The van der Waals surface area contributed by atoms with E-state index in [1.807, 2.05) is 0 Å². The van der Waals surface area contributed by atoms with Crippen LogP contribution >= 0.6 is 0 Å². The molecule has 0 spiro atoms. The number of anilines is 2. The zero-order chi connectivity index (χ0) is 26.5. The largest absolute Gasteiger partial charge is 0.489 e. The molecule has 2 amide bonds. The molecule has 7 heteroatoms. The smallest absolute Gasteiger partial charge is 0.227 e. The van der Waals surface area contributed by atoms with Gasteiger partial charge in [0.25, 0.3) is 0 Å². The number of amides is 2. The molecule has 3 rings (SSSR count). The number of carbonyl (C=O) groups excluding carboxylic acids is 2. The second-order valence-corrected chi connectivity index (χ2v) is 10.3. The molecule has 0 bridgehead atoms. The van der Waals surface area contributed by atoms with Crippen molar-refractivity contribution >= 4 is 34.2 Å². The molecule has 7 nitrogen and oxygen atoms in total. The van der Waals surface area contributed by atoms with Crippen LogP contribution in [0.5, 0.6) is 5.75 Å². The van der Waals surface area contributed by atoms with Gasteiger partial charge in [-0.05, 0) is 25.3 Å². The van der Waals surface area contributed by atoms with E-state index in [0.717, 1.165) is 44.9 Å². The van der Waals surface area contributed by atoms with Crippen LogP contribution < -0.4 is 20.8 Å². The maximum atomic E-state index is 13.0. The van der Waals surface area contributed by atoms with Crippen molar-refractivity contribution in [3.63, 3.8) is 0 Å². The van der Waals surface area contributed by atoms with Crippen molar-refractivity contribution in [1.82, 2.24) is 0 Å². The molecule has 0 atom stereocenters. The van der Waals surface area contributed by atoms with Gasteiger partial charge < -0.3 is 19.8 Å². The van der Waals surface area contributed by atoms with E-state index in [1.54, 1.807) is 6.07 Å². The van der Waals surface area contributed by atoms with Gasteiger partial charge in [-0.2, -0.15) is 0 Å². The van der Waals surface area contributed by atoms with Crippen LogP contribution in [0, 0.1) is 5.92 Å². The zero-order valence-corrected chi connectivity index (χ0v) is 22.7. The molecule has 1 aliphatic rings. The number of hydrogen-bond acceptors (Lipinski definition) is 5. The number of rotatable bonds is 16. The molecule has 0 radical (unpaired) electrons. The molecule has 0 aliphatic heterocycles. The van der Waals surface area contributed by atoms with Crippen LogP contribution in [0.2, 0.25) is 0 Å². The first-order valence-corrected chi connectivity index (χ1v) is 14.3. The second kappa shape index (κ2) is 15.4. The molecule has 1 heterocycles. The van der Waals surface area contributed by atoms with Crippen LogP contribution in [0.4, 0.5) is 11.4 Å². The zero-order valence-electron chi connectivity index (χ0n) is 22.7. The molecular formula is C30H44N2O5. The van der Waals surface area contributed by atoms with Gasteiger partial charge in [-0.1, -0.05) is 84.0 Å². The average molecular weight is 513 g/mol. The summed E-state index contributed by atoms with van der Waals surface area (Å²) in [5, 5.41) is 6.04. The minimum Gasteiger partial charge on any atom is -0.489 e. The number of benzene rings is 1. The van der Waals surface area contributed by atoms with Gasteiger partial charge in [0, 0.05) is 18.9 Å². The van der Waals surface area contributed by atoms with Gasteiger partial charge in [0.2, 0.25) is 11.8 Å². The molecule has 1 aromatic carbocycles. The summed E-state index contributed by atoms with van der Waals surface area (Å²) >= 11 is 0. The normalized spacial score (nSPS) is 13.7. The van der Waals surface area contributed by atoms with E-state index < -0.39 is 0 Å². The van der Waals surface area contributed by atoms with E-state index in [4.69, 9.17) is 9.15 Å². The number of fused-ring (bicyclic) bond motifs is 1. The minimum atomic E-state index is -0.285. The number of ether oxygens (including phenoxy) is 1. The minimum absolute atomic E-state index is 0.0746. The van der Waals surface area contributed by atoms with E-state index in [0.29, 0.717) is 23.7 Å². The van der Waals surface area contributed by atoms with E-state index in [2.05, 4.69) is 17.6 Å². The summed E-state index contributed by atoms with van der Waals surface area (Å²) in [5.41, 5.74) is 0.699. The molecule has 0 unspecified atom stereocenters. The van der Waals surface area contributed by atoms with Crippen LogP contribution in [-0.4, -0.2) is 18.4 Å². The Morgan fingerprint density at radius 2 is 1.57 bits per heavy atom. The van der Waals surface area contributed by atoms with Crippen LogP contribution in [-0.2, 0) is 9.59 Å². The molecule has 1 aliphatic carbocycles. The molecule has 1 saturated carbocycles. The highest BCUT2D eigenvalue weighted by Gasteiger charge is 2.26. The molecule has 1 aromatic heterocycles. The number of nitrogens with one attached hydrogen (secondary N) is 2. The summed E-state index contributed by atoms with van der Waals surface area (Å²) in [5.74, 6) is -0.123. The van der Waals surface area contributed by atoms with Crippen molar-refractivity contribution in [2.45, 2.75) is 110 Å². The molecule has 2 aromatic rings. The van der Waals surface area contributed by atoms with Crippen molar-refractivity contribution in [3.05, 3.63) is 28.6 Å². The Morgan fingerprint density at radius 1 is 0.946 bits per heavy atom. The SMILES string of the molecule is CCCCCCCCCCCCCOc1c(NC(C)=O)cc2c(=O)ccoc2c1NC(=O)C1CCCC1. The average Bonchev–Trinajstić information content (AvgIpc) is 3.41. The van der Waals surface area contributed by atoms with Gasteiger partial charge in [0.1, 0.15) is 5.69 Å². The summed E-state index contributed by atoms with van der Waals surface area (Å²) in [6.45, 7) is 4.09. The van der Waals surface area contributed by atoms with E-state index in [9.17, 15) is 14.4 Å². The lowest BCUT2D eigenvalue weighted by Crippen LogP contribution is -2.22. The highest BCUT2D eigenvalue weighted by atomic mass is 16.5. The third-order valence-corrected chi connectivity index (χ3v) is 7.18. The van der Waals surface area contributed by atoms with Gasteiger partial charge in [-0.15, -0.1) is 0 Å². The Bertz CT molecular complexity index is 1070. The molecule has 2 N–H and O–H groups in total. The summed E-state index contributed by atoms with van der Waals surface area (Å²) in [6.07, 6.45) is 18.6. The number of unbranched alkanes of at least 4 members (excludes halogenated alkanes) is 10. The highest BCUT2D eigenvalue weighted by Crippen LogP contribution is 2.40. The number of hydrogen-bond donors (Lipinski definition) is 2. The van der Waals surface area contributed by atoms with Crippen LogP contribution in [0.25, 0.3) is 11.0 Å². The lowest BCUT2D eigenvalue weighted by molar-refractivity contribution is -0.119. The van der Waals surface area contributed by atoms with Crippen molar-refractivity contribution in [3.8, 4) is 5.75 Å². The topological polar surface area (TPSA) is 97.6 Å². The lowest BCUT2D eigenvalue weighted by Gasteiger charge is -2.19. The molecule has 204 valence electrons. The van der Waals surface area contributed by atoms with Gasteiger partial charge in [0.15, 0.2) is 16.8 Å². The van der Waals surface area contributed by atoms with Gasteiger partial charge in [0.05, 0.1) is 23.9 Å². The van der Waals surface area contributed by atoms with Gasteiger partial charge in [-0.25, -0.2) is 0 Å². The Labute approximate surface area is 220 Å². The van der Waals surface area contributed by atoms with Crippen LogP contribution in [0.1, 0.15) is 110 Å². The van der Waals surface area contributed by atoms with Gasteiger partial charge >= 0.3 is 0 Å². The third-order valence-electron chi connectivity index (χ3n) is 7.18. The Balaban J connectivity index is 1.65. The van der Waals surface area contributed by atoms with Crippen molar-refractivity contribution < 1.29 is 18.7 Å². The number of carbonyl (C=O) groups is 2. The second-order valence-electron chi connectivity index (χ2n) is 10.3. The summed E-state index contributed by atoms with van der Waals surface area (Å²) in [4.78, 5) is 37.5. The Morgan fingerprint density at radius 3 is 2.19 bits per heavy atom. The molecule has 0 saturated heterocycles. The fraction of sp³-hybridized carbons (Fsp3) is 0.633. The van der Waals surface area contributed by atoms with Crippen LogP contribution in [0.15, 0.2) is 27.6 Å². The van der Waals surface area contributed by atoms with Crippen molar-refractivity contribution in [2.75, 3.05) is 17.2 Å². The fourth-order valence-electron chi connectivity index (χ4n) is 5.11. The van der Waals surface area contributed by atoms with Crippen LogP contribution in [0.3, 0.4) is 0 Å². The maximum absolute atomic E-state index is 13.0. The standard InChI is InChI=1S/C30H44N2O5/c1-3-4-5-6-7-8-9-10-11-12-15-19-36-29-25(31-22(2)33)21-24-26(34)18-20-37-28(24)27(29)32-30(35)23-16-13-14-17-23/h18,20-21,23H,3-17,19H2,1-2H3,(H,31,33)(H,32,35). The van der Waals surface area contributed by atoms with E-state index in [-0.39, 0.29) is 34.1 Å². The summed E-state index contributed by atoms with van der Waals surface area (Å²) < 4.78 is 11.9. The molecular weight excluding hydrogens is 468 g/mol. The van der Waals surface area contributed by atoms with Gasteiger partial charge in [-0.3, -0.25) is 14.4 Å². The molecule has 1 fully saturated rings.